The number of carboxylic acids is 1. The second-order valence-electron chi connectivity index (χ2n) is 6.14. The van der Waals surface area contributed by atoms with Gasteiger partial charge in [0.15, 0.2) is 0 Å². The number of aromatic carboxylic acids is 1. The highest BCUT2D eigenvalue weighted by Crippen LogP contribution is 2.48. The van der Waals surface area contributed by atoms with Crippen LogP contribution in [0.4, 0.5) is 0 Å². The number of hydrogen-bond acceptors (Lipinski definition) is 2. The molecule has 1 aliphatic rings. The average Bonchev–Trinajstić information content (AvgIpc) is 3.35. The van der Waals surface area contributed by atoms with Gasteiger partial charge >= 0.3 is 5.97 Å². The molecule has 0 spiro atoms. The molecule has 4 heteroatoms. The first kappa shape index (κ1) is 15.3. The van der Waals surface area contributed by atoms with E-state index in [1.54, 1.807) is 24.3 Å². The molecule has 1 aliphatic carbocycles. The monoisotopic (exact) mass is 309 g/mol. The average molecular weight is 309 g/mol. The van der Waals surface area contributed by atoms with Gasteiger partial charge in [0, 0.05) is 6.54 Å². The number of aryl methyl sites for hydroxylation is 1. The molecule has 0 atom stereocenters. The number of hydrogen-bond donors (Lipinski definition) is 2. The lowest BCUT2D eigenvalue weighted by atomic mass is 9.93. The quantitative estimate of drug-likeness (QED) is 0.892. The van der Waals surface area contributed by atoms with Crippen LogP contribution in [-0.4, -0.2) is 17.0 Å². The Morgan fingerprint density at radius 2 is 1.83 bits per heavy atom. The molecule has 2 N–H and O–H groups in total. The van der Waals surface area contributed by atoms with Gasteiger partial charge in [0.1, 0.15) is 0 Å². The van der Waals surface area contributed by atoms with E-state index in [2.05, 4.69) is 11.4 Å². The highest BCUT2D eigenvalue weighted by Gasteiger charge is 2.51. The zero-order valence-electron chi connectivity index (χ0n) is 13.0. The van der Waals surface area contributed by atoms with E-state index >= 15 is 0 Å². The lowest BCUT2D eigenvalue weighted by Crippen LogP contribution is -2.34. The summed E-state index contributed by atoms with van der Waals surface area (Å²) in [7, 11) is 0. The SMILES string of the molecule is Cc1cccc(C2(C(=O)NCc3ccc(C(=O)O)cc3)CC2)c1. The van der Waals surface area contributed by atoms with Crippen molar-refractivity contribution in [2.24, 2.45) is 0 Å². The molecule has 0 aromatic heterocycles. The summed E-state index contributed by atoms with van der Waals surface area (Å²) in [6.45, 7) is 2.44. The molecule has 0 aliphatic heterocycles. The fraction of sp³-hybridized carbons (Fsp3) is 0.263. The first-order valence-electron chi connectivity index (χ1n) is 7.69. The van der Waals surface area contributed by atoms with E-state index in [1.165, 1.54) is 0 Å². The Balaban J connectivity index is 1.66. The van der Waals surface area contributed by atoms with Gasteiger partial charge < -0.3 is 10.4 Å². The van der Waals surface area contributed by atoms with Crippen molar-refractivity contribution in [2.75, 3.05) is 0 Å². The molecule has 0 radical (unpaired) electrons. The first-order chi connectivity index (χ1) is 11.0. The number of nitrogens with one attached hydrogen (secondary N) is 1. The van der Waals surface area contributed by atoms with Crippen LogP contribution in [0.2, 0.25) is 0 Å². The van der Waals surface area contributed by atoms with Crippen molar-refractivity contribution < 1.29 is 14.7 Å². The maximum Gasteiger partial charge on any atom is 0.335 e. The zero-order chi connectivity index (χ0) is 16.4. The zero-order valence-corrected chi connectivity index (χ0v) is 13.0. The Hall–Kier alpha value is -2.62. The van der Waals surface area contributed by atoms with Crippen molar-refractivity contribution in [2.45, 2.75) is 31.7 Å². The standard InChI is InChI=1S/C19H19NO3/c1-13-3-2-4-16(11-13)19(9-10-19)18(23)20-12-14-5-7-15(8-6-14)17(21)22/h2-8,11H,9-10,12H2,1H3,(H,20,23)(H,21,22). The van der Waals surface area contributed by atoms with Crippen molar-refractivity contribution in [1.29, 1.82) is 0 Å². The van der Waals surface area contributed by atoms with Crippen LogP contribution in [-0.2, 0) is 16.8 Å². The van der Waals surface area contributed by atoms with E-state index in [1.807, 2.05) is 25.1 Å². The lowest BCUT2D eigenvalue weighted by Gasteiger charge is -2.16. The third-order valence-corrected chi connectivity index (χ3v) is 4.41. The number of carbonyl (C=O) groups is 2. The van der Waals surface area contributed by atoms with Gasteiger partial charge in [-0.25, -0.2) is 4.79 Å². The van der Waals surface area contributed by atoms with E-state index in [0.29, 0.717) is 6.54 Å². The molecule has 118 valence electrons. The summed E-state index contributed by atoms with van der Waals surface area (Å²) in [5.41, 5.74) is 3.00. The Morgan fingerprint density at radius 3 is 2.39 bits per heavy atom. The van der Waals surface area contributed by atoms with E-state index < -0.39 is 5.97 Å². The Bertz CT molecular complexity index is 745. The summed E-state index contributed by atoms with van der Waals surface area (Å²) in [4.78, 5) is 23.4. The van der Waals surface area contributed by atoms with Gasteiger partial charge in [0.2, 0.25) is 5.91 Å². The summed E-state index contributed by atoms with van der Waals surface area (Å²) in [6, 6.07) is 14.7. The lowest BCUT2D eigenvalue weighted by molar-refractivity contribution is -0.123. The van der Waals surface area contributed by atoms with Crippen LogP contribution >= 0.6 is 0 Å². The Labute approximate surface area is 135 Å². The number of rotatable bonds is 5. The van der Waals surface area contributed by atoms with Crippen molar-refractivity contribution >= 4 is 11.9 Å². The van der Waals surface area contributed by atoms with Crippen LogP contribution in [0.3, 0.4) is 0 Å². The molecule has 23 heavy (non-hydrogen) atoms. The Kier molecular flexibility index (Phi) is 3.90. The van der Waals surface area contributed by atoms with Crippen molar-refractivity contribution in [3.05, 3.63) is 70.8 Å². The second-order valence-corrected chi connectivity index (χ2v) is 6.14. The van der Waals surface area contributed by atoms with E-state index in [9.17, 15) is 9.59 Å². The highest BCUT2D eigenvalue weighted by molar-refractivity contribution is 5.91. The molecule has 3 rings (SSSR count). The smallest absolute Gasteiger partial charge is 0.335 e. The predicted octanol–water partition coefficient (Wildman–Crippen LogP) is 3.04. The molecular weight excluding hydrogens is 290 g/mol. The summed E-state index contributed by atoms with van der Waals surface area (Å²) < 4.78 is 0. The van der Waals surface area contributed by atoms with Gasteiger partial charge in [-0.05, 0) is 43.0 Å². The van der Waals surface area contributed by atoms with E-state index in [0.717, 1.165) is 29.5 Å². The molecule has 0 bridgehead atoms. The van der Waals surface area contributed by atoms with E-state index in [4.69, 9.17) is 5.11 Å². The fourth-order valence-corrected chi connectivity index (χ4v) is 2.83. The minimum absolute atomic E-state index is 0.0467. The number of carboxylic acid groups (broad SMARTS) is 1. The van der Waals surface area contributed by atoms with Gasteiger partial charge in [-0.3, -0.25) is 4.79 Å². The first-order valence-corrected chi connectivity index (χ1v) is 7.69. The largest absolute Gasteiger partial charge is 0.478 e. The number of amides is 1. The molecule has 4 nitrogen and oxygen atoms in total. The predicted molar refractivity (Wildman–Crippen MR) is 87.3 cm³/mol. The molecule has 1 saturated carbocycles. The minimum Gasteiger partial charge on any atom is -0.478 e. The summed E-state index contributed by atoms with van der Waals surface area (Å²) in [5.74, 6) is -0.901. The fourth-order valence-electron chi connectivity index (χ4n) is 2.83. The van der Waals surface area contributed by atoms with Gasteiger partial charge in [0.25, 0.3) is 0 Å². The van der Waals surface area contributed by atoms with Crippen LogP contribution in [0, 0.1) is 6.92 Å². The third-order valence-electron chi connectivity index (χ3n) is 4.41. The van der Waals surface area contributed by atoms with Crippen LogP contribution in [0.5, 0.6) is 0 Å². The van der Waals surface area contributed by atoms with Gasteiger partial charge in [-0.15, -0.1) is 0 Å². The van der Waals surface area contributed by atoms with Crippen LogP contribution in [0.25, 0.3) is 0 Å². The van der Waals surface area contributed by atoms with Crippen molar-refractivity contribution in [1.82, 2.24) is 5.32 Å². The molecule has 2 aromatic rings. The molecule has 1 fully saturated rings. The molecular formula is C19H19NO3. The number of benzene rings is 2. The van der Waals surface area contributed by atoms with E-state index in [-0.39, 0.29) is 16.9 Å². The topological polar surface area (TPSA) is 66.4 Å². The molecule has 2 aromatic carbocycles. The highest BCUT2D eigenvalue weighted by atomic mass is 16.4. The van der Waals surface area contributed by atoms with Crippen LogP contribution in [0.1, 0.15) is 39.9 Å². The summed E-state index contributed by atoms with van der Waals surface area (Å²) in [5, 5.41) is 11.9. The van der Waals surface area contributed by atoms with Crippen molar-refractivity contribution in [3.8, 4) is 0 Å². The molecule has 0 saturated heterocycles. The Morgan fingerprint density at radius 1 is 1.13 bits per heavy atom. The van der Waals surface area contributed by atoms with Crippen molar-refractivity contribution in [3.63, 3.8) is 0 Å². The van der Waals surface area contributed by atoms with Gasteiger partial charge in [0.05, 0.1) is 11.0 Å². The maximum atomic E-state index is 12.6. The normalized spacial score (nSPS) is 15.0. The van der Waals surface area contributed by atoms with Gasteiger partial charge in [-0.1, -0.05) is 42.0 Å². The van der Waals surface area contributed by atoms with Gasteiger partial charge in [-0.2, -0.15) is 0 Å². The molecule has 0 heterocycles. The summed E-state index contributed by atoms with van der Waals surface area (Å²) >= 11 is 0. The number of carbonyl (C=O) groups excluding carboxylic acids is 1. The summed E-state index contributed by atoms with van der Waals surface area (Å²) in [6.07, 6.45) is 1.75. The molecule has 0 unspecified atom stereocenters. The third kappa shape index (κ3) is 3.11. The molecule has 1 amide bonds. The second kappa shape index (κ2) is 5.88. The maximum absolute atomic E-state index is 12.6. The minimum atomic E-state index is -0.947. The van der Waals surface area contributed by atoms with Crippen LogP contribution < -0.4 is 5.32 Å². The van der Waals surface area contributed by atoms with Crippen LogP contribution in [0.15, 0.2) is 48.5 Å².